The molecule has 0 saturated heterocycles. The minimum absolute atomic E-state index is 0.117. The molecule has 0 fully saturated rings. The standard InChI is InChI=1S/C8H5F3N2O5/c1-3-2-4(7(14)15)5(18-8(9,10)11)6(12-3)13(16)17/h2H,1H3,(H,14,15). The Bertz CT molecular complexity index is 479. The van der Waals surface area contributed by atoms with E-state index in [1.54, 1.807) is 0 Å². The summed E-state index contributed by atoms with van der Waals surface area (Å²) in [6.45, 7) is 1.21. The molecule has 0 aliphatic rings. The van der Waals surface area contributed by atoms with Crippen molar-refractivity contribution in [2.24, 2.45) is 0 Å². The van der Waals surface area contributed by atoms with E-state index in [0.29, 0.717) is 0 Å². The average molecular weight is 266 g/mol. The van der Waals surface area contributed by atoms with Crippen molar-refractivity contribution in [3.8, 4) is 5.75 Å². The van der Waals surface area contributed by atoms with Gasteiger partial charge in [0, 0.05) is 13.0 Å². The van der Waals surface area contributed by atoms with E-state index in [-0.39, 0.29) is 5.69 Å². The van der Waals surface area contributed by atoms with E-state index in [9.17, 15) is 28.1 Å². The number of pyridine rings is 1. The molecule has 0 aliphatic carbocycles. The van der Waals surface area contributed by atoms with Gasteiger partial charge in [0.25, 0.3) is 0 Å². The molecule has 1 aromatic rings. The summed E-state index contributed by atoms with van der Waals surface area (Å²) >= 11 is 0. The SMILES string of the molecule is Cc1cc(C(=O)O)c(OC(F)(F)F)c([N+](=O)[O-])n1. The number of aromatic carboxylic acids is 1. The first-order valence-corrected chi connectivity index (χ1v) is 4.27. The predicted octanol–water partition coefficient (Wildman–Crippen LogP) is 1.90. The van der Waals surface area contributed by atoms with Gasteiger partial charge < -0.3 is 20.0 Å². The molecule has 10 heteroatoms. The molecule has 0 radical (unpaired) electrons. The number of nitro groups is 1. The lowest BCUT2D eigenvalue weighted by molar-refractivity contribution is -0.393. The molecule has 18 heavy (non-hydrogen) atoms. The van der Waals surface area contributed by atoms with E-state index < -0.39 is 34.4 Å². The minimum atomic E-state index is -5.26. The number of hydrogen-bond donors (Lipinski definition) is 1. The number of carbonyl (C=O) groups is 1. The number of halogens is 3. The molecule has 0 aliphatic heterocycles. The molecular formula is C8H5F3N2O5. The zero-order valence-corrected chi connectivity index (χ0v) is 8.69. The third kappa shape index (κ3) is 3.06. The van der Waals surface area contributed by atoms with Crippen molar-refractivity contribution in [3.05, 3.63) is 27.4 Å². The largest absolute Gasteiger partial charge is 0.573 e. The molecule has 0 bridgehead atoms. The van der Waals surface area contributed by atoms with E-state index in [1.165, 1.54) is 6.92 Å². The second-order valence-electron chi connectivity index (χ2n) is 3.07. The first-order chi connectivity index (χ1) is 8.11. The zero-order valence-electron chi connectivity index (χ0n) is 8.69. The number of ether oxygens (including phenoxy) is 1. The summed E-state index contributed by atoms with van der Waals surface area (Å²) < 4.78 is 39.5. The Kier molecular flexibility index (Phi) is 3.39. The molecular weight excluding hydrogens is 261 g/mol. The van der Waals surface area contributed by atoms with Gasteiger partial charge in [0.05, 0.1) is 0 Å². The Morgan fingerprint density at radius 2 is 2.11 bits per heavy atom. The number of hydrogen-bond acceptors (Lipinski definition) is 5. The van der Waals surface area contributed by atoms with Crippen LogP contribution in [0.5, 0.6) is 5.75 Å². The average Bonchev–Trinajstić information content (AvgIpc) is 2.17. The lowest BCUT2D eigenvalue weighted by Crippen LogP contribution is -2.20. The van der Waals surface area contributed by atoms with Crippen LogP contribution in [-0.2, 0) is 0 Å². The van der Waals surface area contributed by atoms with Gasteiger partial charge in [-0.25, -0.2) is 4.79 Å². The van der Waals surface area contributed by atoms with E-state index in [2.05, 4.69) is 9.72 Å². The van der Waals surface area contributed by atoms with E-state index in [0.717, 1.165) is 6.07 Å². The molecule has 0 aromatic carbocycles. The van der Waals surface area contributed by atoms with Gasteiger partial charge >= 0.3 is 18.1 Å². The number of aromatic nitrogens is 1. The van der Waals surface area contributed by atoms with Crippen LogP contribution in [0.3, 0.4) is 0 Å². The van der Waals surface area contributed by atoms with Crippen molar-refractivity contribution < 1.29 is 32.7 Å². The second kappa shape index (κ2) is 4.47. The lowest BCUT2D eigenvalue weighted by atomic mass is 10.2. The highest BCUT2D eigenvalue weighted by Crippen LogP contribution is 2.34. The summed E-state index contributed by atoms with van der Waals surface area (Å²) in [5.41, 5.74) is -1.10. The van der Waals surface area contributed by atoms with Gasteiger partial charge in [0.15, 0.2) is 5.69 Å². The fourth-order valence-electron chi connectivity index (χ4n) is 1.14. The molecule has 0 atom stereocenters. The fraction of sp³-hybridized carbons (Fsp3) is 0.250. The first-order valence-electron chi connectivity index (χ1n) is 4.27. The van der Waals surface area contributed by atoms with E-state index in [4.69, 9.17) is 5.11 Å². The van der Waals surface area contributed by atoms with Gasteiger partial charge in [-0.15, -0.1) is 13.2 Å². The summed E-state index contributed by atoms with van der Waals surface area (Å²) in [5.74, 6) is -4.53. The molecule has 0 unspecified atom stereocenters. The predicted molar refractivity (Wildman–Crippen MR) is 49.3 cm³/mol. The normalized spacial score (nSPS) is 11.1. The van der Waals surface area contributed by atoms with Crippen LogP contribution >= 0.6 is 0 Å². The topological polar surface area (TPSA) is 103 Å². The summed E-state index contributed by atoms with van der Waals surface area (Å²) in [4.78, 5) is 23.2. The highest BCUT2D eigenvalue weighted by atomic mass is 19.4. The van der Waals surface area contributed by atoms with Crippen LogP contribution in [0.4, 0.5) is 19.0 Å². The number of nitrogens with zero attached hydrogens (tertiary/aromatic N) is 2. The second-order valence-corrected chi connectivity index (χ2v) is 3.07. The van der Waals surface area contributed by atoms with Crippen molar-refractivity contribution >= 4 is 11.8 Å². The van der Waals surface area contributed by atoms with Gasteiger partial charge in [-0.1, -0.05) is 0 Å². The van der Waals surface area contributed by atoms with Crippen LogP contribution in [0.25, 0.3) is 0 Å². The van der Waals surface area contributed by atoms with Crippen molar-refractivity contribution in [2.45, 2.75) is 13.3 Å². The summed E-state index contributed by atoms with van der Waals surface area (Å²) in [7, 11) is 0. The first kappa shape index (κ1) is 13.7. The van der Waals surface area contributed by atoms with E-state index >= 15 is 0 Å². The quantitative estimate of drug-likeness (QED) is 0.662. The van der Waals surface area contributed by atoms with Crippen LogP contribution < -0.4 is 4.74 Å². The van der Waals surface area contributed by atoms with Gasteiger partial charge in [-0.3, -0.25) is 0 Å². The van der Waals surface area contributed by atoms with E-state index in [1.807, 2.05) is 0 Å². The maximum absolute atomic E-state index is 12.1. The Balaban J connectivity index is 3.51. The summed E-state index contributed by atoms with van der Waals surface area (Å²) in [6, 6.07) is 0.746. The maximum atomic E-state index is 12.1. The molecule has 0 amide bonds. The number of aryl methyl sites for hydroxylation is 1. The number of alkyl halides is 3. The highest BCUT2D eigenvalue weighted by molar-refractivity contribution is 5.92. The number of rotatable bonds is 3. The molecule has 1 aromatic heterocycles. The van der Waals surface area contributed by atoms with Gasteiger partial charge in [0.2, 0.25) is 5.75 Å². The van der Waals surface area contributed by atoms with Crippen LogP contribution in [-0.4, -0.2) is 27.3 Å². The van der Waals surface area contributed by atoms with Crippen molar-refractivity contribution in [1.82, 2.24) is 4.98 Å². The fourth-order valence-corrected chi connectivity index (χ4v) is 1.14. The Morgan fingerprint density at radius 1 is 1.56 bits per heavy atom. The lowest BCUT2D eigenvalue weighted by Gasteiger charge is -2.10. The number of carboxylic acids is 1. The molecule has 7 nitrogen and oxygen atoms in total. The van der Waals surface area contributed by atoms with Crippen LogP contribution in [0.1, 0.15) is 16.1 Å². The smallest absolute Gasteiger partial charge is 0.478 e. The highest BCUT2D eigenvalue weighted by Gasteiger charge is 2.38. The molecule has 1 heterocycles. The molecule has 0 saturated carbocycles. The Hall–Kier alpha value is -2.39. The van der Waals surface area contributed by atoms with Crippen LogP contribution in [0.2, 0.25) is 0 Å². The van der Waals surface area contributed by atoms with Crippen molar-refractivity contribution in [1.29, 1.82) is 0 Å². The minimum Gasteiger partial charge on any atom is -0.478 e. The van der Waals surface area contributed by atoms with Gasteiger partial charge in [-0.2, -0.15) is 0 Å². The summed E-state index contributed by atoms with van der Waals surface area (Å²) in [6.07, 6.45) is -5.26. The molecule has 1 rings (SSSR count). The van der Waals surface area contributed by atoms with Crippen LogP contribution in [0.15, 0.2) is 6.07 Å². The van der Waals surface area contributed by atoms with Crippen molar-refractivity contribution in [2.75, 3.05) is 0 Å². The number of carboxylic acid groups (broad SMARTS) is 1. The molecule has 0 spiro atoms. The molecule has 98 valence electrons. The van der Waals surface area contributed by atoms with Gasteiger partial charge in [-0.05, 0) is 9.91 Å². The third-order valence-electron chi connectivity index (χ3n) is 1.70. The Labute approximate surface area is 97.0 Å². The van der Waals surface area contributed by atoms with Gasteiger partial charge in [0.1, 0.15) is 5.56 Å². The zero-order chi connectivity index (χ0) is 14.1. The maximum Gasteiger partial charge on any atom is 0.573 e. The summed E-state index contributed by atoms with van der Waals surface area (Å²) in [5, 5.41) is 19.2. The van der Waals surface area contributed by atoms with Crippen LogP contribution in [0, 0.1) is 17.0 Å². The third-order valence-corrected chi connectivity index (χ3v) is 1.70. The monoisotopic (exact) mass is 266 g/mol. The Morgan fingerprint density at radius 3 is 2.50 bits per heavy atom. The molecule has 1 N–H and O–H groups in total. The van der Waals surface area contributed by atoms with Crippen molar-refractivity contribution in [3.63, 3.8) is 0 Å².